The Labute approximate surface area is 166 Å². The van der Waals surface area contributed by atoms with Gasteiger partial charge in [-0.15, -0.1) is 0 Å². The number of carbonyl (C=O) groups is 2. The molecule has 3 atom stereocenters. The summed E-state index contributed by atoms with van der Waals surface area (Å²) < 4.78 is 5.98. The summed E-state index contributed by atoms with van der Waals surface area (Å²) in [5.74, 6) is 0.142. The first-order chi connectivity index (χ1) is 13.7. The first-order valence-electron chi connectivity index (χ1n) is 10.4. The summed E-state index contributed by atoms with van der Waals surface area (Å²) >= 11 is 0. The highest BCUT2D eigenvalue weighted by Gasteiger charge is 2.32. The Kier molecular flexibility index (Phi) is 7.80. The summed E-state index contributed by atoms with van der Waals surface area (Å²) in [6.45, 7) is 0.443. The van der Waals surface area contributed by atoms with Gasteiger partial charge in [0.05, 0.1) is 18.8 Å². The summed E-state index contributed by atoms with van der Waals surface area (Å²) in [6.07, 6.45) is 10.5. The molecule has 1 aliphatic heterocycles. The smallest absolute Gasteiger partial charge is 0.251 e. The Balaban J connectivity index is 1.41. The molecule has 2 fully saturated rings. The fraction of sp³-hybridized carbons (Fsp3) is 0.667. The van der Waals surface area contributed by atoms with Crippen molar-refractivity contribution in [2.45, 2.75) is 69.6 Å². The lowest BCUT2D eigenvalue weighted by atomic mass is 9.88. The van der Waals surface area contributed by atoms with Crippen molar-refractivity contribution in [1.82, 2.24) is 15.6 Å². The van der Waals surface area contributed by atoms with E-state index in [0.29, 0.717) is 12.1 Å². The maximum Gasteiger partial charge on any atom is 0.251 e. The second-order valence-electron chi connectivity index (χ2n) is 7.79. The molecule has 1 aromatic heterocycles. The van der Waals surface area contributed by atoms with Gasteiger partial charge in [0.25, 0.3) is 5.91 Å². The number of ether oxygens (including phenoxy) is 1. The van der Waals surface area contributed by atoms with E-state index in [1.165, 1.54) is 6.42 Å². The Hall–Kier alpha value is -1.99. The summed E-state index contributed by atoms with van der Waals surface area (Å²) in [4.78, 5) is 28.5. The van der Waals surface area contributed by atoms with E-state index in [4.69, 9.17) is 4.74 Å². The zero-order valence-corrected chi connectivity index (χ0v) is 16.3. The molecular weight excluding hydrogens is 358 g/mol. The maximum atomic E-state index is 12.3. The van der Waals surface area contributed by atoms with Gasteiger partial charge in [-0.05, 0) is 44.2 Å². The molecule has 1 saturated heterocycles. The predicted molar refractivity (Wildman–Crippen MR) is 105 cm³/mol. The quantitative estimate of drug-likeness (QED) is 0.660. The molecule has 7 nitrogen and oxygen atoms in total. The van der Waals surface area contributed by atoms with E-state index in [1.54, 1.807) is 24.5 Å². The highest BCUT2D eigenvalue weighted by molar-refractivity contribution is 5.94. The lowest BCUT2D eigenvalue weighted by Gasteiger charge is -2.36. The first kappa shape index (κ1) is 20.7. The van der Waals surface area contributed by atoms with Crippen molar-refractivity contribution in [1.29, 1.82) is 0 Å². The van der Waals surface area contributed by atoms with E-state index in [-0.39, 0.29) is 36.5 Å². The molecule has 0 aromatic carbocycles. The van der Waals surface area contributed by atoms with Gasteiger partial charge in [-0.1, -0.05) is 19.3 Å². The van der Waals surface area contributed by atoms with Gasteiger partial charge in [-0.3, -0.25) is 14.6 Å². The van der Waals surface area contributed by atoms with E-state index in [2.05, 4.69) is 15.6 Å². The third-order valence-electron chi connectivity index (χ3n) is 5.80. The standard InChI is InChI=1S/C21H31N3O4/c25-14-19-18(24-21(27)16-8-11-22-12-9-16)7-6-17(28-19)10-13-23-20(26)15-4-2-1-3-5-15/h8-9,11-12,15,17-19,25H,1-7,10,13-14H2,(H,23,26)(H,24,27)/t17-,18-,19-/m1/s1. The predicted octanol–water partition coefficient (Wildman–Crippen LogP) is 1.81. The van der Waals surface area contributed by atoms with E-state index in [1.807, 2.05) is 0 Å². The van der Waals surface area contributed by atoms with Crippen LogP contribution in [0.3, 0.4) is 0 Å². The van der Waals surface area contributed by atoms with Crippen LogP contribution in [0.4, 0.5) is 0 Å². The SMILES string of the molecule is O=C(N[C@@H]1CC[C@H](CCNC(=O)C2CCCCC2)O[C@@H]1CO)c1ccncc1. The van der Waals surface area contributed by atoms with Gasteiger partial charge in [0.2, 0.25) is 5.91 Å². The van der Waals surface area contributed by atoms with Crippen molar-refractivity contribution < 1.29 is 19.4 Å². The lowest BCUT2D eigenvalue weighted by molar-refractivity contribution is -0.126. The number of aliphatic hydroxyl groups is 1. The Morgan fingerprint density at radius 1 is 1.11 bits per heavy atom. The van der Waals surface area contributed by atoms with Gasteiger partial charge in [0, 0.05) is 30.4 Å². The average Bonchev–Trinajstić information content (AvgIpc) is 2.75. The molecule has 2 aliphatic rings. The second kappa shape index (κ2) is 10.5. The van der Waals surface area contributed by atoms with Crippen molar-refractivity contribution in [3.05, 3.63) is 30.1 Å². The fourth-order valence-corrected chi connectivity index (χ4v) is 4.13. The molecule has 1 aromatic rings. The molecule has 1 aliphatic carbocycles. The molecule has 2 amide bonds. The number of hydrogen-bond donors (Lipinski definition) is 3. The molecule has 7 heteroatoms. The third-order valence-corrected chi connectivity index (χ3v) is 5.80. The van der Waals surface area contributed by atoms with Gasteiger partial charge in [0.15, 0.2) is 0 Å². The minimum atomic E-state index is -0.432. The number of aliphatic hydroxyl groups excluding tert-OH is 1. The molecule has 3 N–H and O–H groups in total. The molecule has 1 saturated carbocycles. The number of amides is 2. The van der Waals surface area contributed by atoms with Gasteiger partial charge >= 0.3 is 0 Å². The van der Waals surface area contributed by atoms with Crippen LogP contribution < -0.4 is 10.6 Å². The Bertz CT molecular complexity index is 634. The highest BCUT2D eigenvalue weighted by atomic mass is 16.5. The van der Waals surface area contributed by atoms with E-state index >= 15 is 0 Å². The number of aromatic nitrogens is 1. The van der Waals surface area contributed by atoms with Gasteiger partial charge < -0.3 is 20.5 Å². The monoisotopic (exact) mass is 389 g/mol. The van der Waals surface area contributed by atoms with Crippen molar-refractivity contribution >= 4 is 11.8 Å². The lowest BCUT2D eigenvalue weighted by Crippen LogP contribution is -2.51. The van der Waals surface area contributed by atoms with Crippen LogP contribution in [0.5, 0.6) is 0 Å². The van der Waals surface area contributed by atoms with Crippen LogP contribution in [0.2, 0.25) is 0 Å². The maximum absolute atomic E-state index is 12.3. The molecular formula is C21H31N3O4. The van der Waals surface area contributed by atoms with Crippen LogP contribution in [0.1, 0.15) is 61.7 Å². The van der Waals surface area contributed by atoms with Crippen molar-refractivity contribution in [3.8, 4) is 0 Å². The molecule has 28 heavy (non-hydrogen) atoms. The van der Waals surface area contributed by atoms with Crippen LogP contribution in [0.15, 0.2) is 24.5 Å². The normalized spacial score (nSPS) is 25.8. The summed E-state index contributed by atoms with van der Waals surface area (Å²) in [6, 6.07) is 3.09. The average molecular weight is 389 g/mol. The third kappa shape index (κ3) is 5.75. The van der Waals surface area contributed by atoms with Gasteiger partial charge in [-0.25, -0.2) is 0 Å². The minimum absolute atomic E-state index is 0.0158. The molecule has 2 heterocycles. The van der Waals surface area contributed by atoms with Crippen molar-refractivity contribution in [3.63, 3.8) is 0 Å². The topological polar surface area (TPSA) is 101 Å². The van der Waals surface area contributed by atoms with E-state index < -0.39 is 6.10 Å². The van der Waals surface area contributed by atoms with Crippen LogP contribution in [-0.4, -0.2) is 53.3 Å². The van der Waals surface area contributed by atoms with Crippen LogP contribution in [-0.2, 0) is 9.53 Å². The summed E-state index contributed by atoms with van der Waals surface area (Å²) in [5, 5.41) is 15.7. The van der Waals surface area contributed by atoms with Crippen LogP contribution >= 0.6 is 0 Å². The van der Waals surface area contributed by atoms with Gasteiger partial charge in [0.1, 0.15) is 6.10 Å². The molecule has 0 unspecified atom stereocenters. The number of carbonyl (C=O) groups excluding carboxylic acids is 2. The number of nitrogens with zero attached hydrogens (tertiary/aromatic N) is 1. The number of pyridine rings is 1. The van der Waals surface area contributed by atoms with Crippen molar-refractivity contribution in [2.75, 3.05) is 13.2 Å². The molecule has 0 bridgehead atoms. The second-order valence-corrected chi connectivity index (χ2v) is 7.79. The minimum Gasteiger partial charge on any atom is -0.394 e. The highest BCUT2D eigenvalue weighted by Crippen LogP contribution is 2.24. The number of rotatable bonds is 7. The summed E-state index contributed by atoms with van der Waals surface area (Å²) in [5.41, 5.74) is 0.541. The Morgan fingerprint density at radius 2 is 1.86 bits per heavy atom. The number of hydrogen-bond acceptors (Lipinski definition) is 5. The zero-order valence-electron chi connectivity index (χ0n) is 16.3. The molecule has 0 radical (unpaired) electrons. The van der Waals surface area contributed by atoms with E-state index in [0.717, 1.165) is 44.9 Å². The fourth-order valence-electron chi connectivity index (χ4n) is 4.13. The zero-order chi connectivity index (χ0) is 19.8. The van der Waals surface area contributed by atoms with Crippen LogP contribution in [0.25, 0.3) is 0 Å². The summed E-state index contributed by atoms with van der Waals surface area (Å²) in [7, 11) is 0. The van der Waals surface area contributed by atoms with Crippen molar-refractivity contribution in [2.24, 2.45) is 5.92 Å². The van der Waals surface area contributed by atoms with E-state index in [9.17, 15) is 14.7 Å². The number of nitrogens with one attached hydrogen (secondary N) is 2. The molecule has 0 spiro atoms. The Morgan fingerprint density at radius 3 is 2.57 bits per heavy atom. The molecule has 154 valence electrons. The first-order valence-corrected chi connectivity index (χ1v) is 10.4. The van der Waals surface area contributed by atoms with Gasteiger partial charge in [-0.2, -0.15) is 0 Å². The molecule has 3 rings (SSSR count). The largest absolute Gasteiger partial charge is 0.394 e. The van der Waals surface area contributed by atoms with Crippen LogP contribution in [0, 0.1) is 5.92 Å².